The molecule has 0 aromatic heterocycles. The number of halogens is 2. The normalized spacial score (nSPS) is 13.9. The SMILES string of the molecule is O=C(CNc1ccc(Cl)cc1Cl)Nc1ccc(C(=O)N2CCOCC2)cc1. The van der Waals surface area contributed by atoms with Gasteiger partial charge in [0.25, 0.3) is 5.91 Å². The largest absolute Gasteiger partial charge is 0.378 e. The van der Waals surface area contributed by atoms with Crippen molar-refractivity contribution in [3.8, 4) is 0 Å². The molecule has 1 heterocycles. The Hall–Kier alpha value is -2.28. The van der Waals surface area contributed by atoms with E-state index in [1.54, 1.807) is 47.4 Å². The molecule has 0 unspecified atom stereocenters. The van der Waals surface area contributed by atoms with Crippen molar-refractivity contribution in [1.82, 2.24) is 4.90 Å². The summed E-state index contributed by atoms with van der Waals surface area (Å²) in [6.45, 7) is 2.36. The first kappa shape index (κ1) is 19.5. The molecule has 2 aromatic rings. The summed E-state index contributed by atoms with van der Waals surface area (Å²) >= 11 is 11.9. The van der Waals surface area contributed by atoms with E-state index in [1.807, 2.05) is 0 Å². The van der Waals surface area contributed by atoms with Crippen molar-refractivity contribution in [2.24, 2.45) is 0 Å². The van der Waals surface area contributed by atoms with Crippen LogP contribution in [-0.2, 0) is 9.53 Å². The van der Waals surface area contributed by atoms with Crippen molar-refractivity contribution in [3.63, 3.8) is 0 Å². The lowest BCUT2D eigenvalue weighted by Crippen LogP contribution is -2.40. The Morgan fingerprint density at radius 2 is 1.74 bits per heavy atom. The summed E-state index contributed by atoms with van der Waals surface area (Å²) in [4.78, 5) is 26.3. The molecule has 0 bridgehead atoms. The molecule has 6 nitrogen and oxygen atoms in total. The molecular weight excluding hydrogens is 389 g/mol. The fraction of sp³-hybridized carbons (Fsp3) is 0.263. The monoisotopic (exact) mass is 407 g/mol. The van der Waals surface area contributed by atoms with Crippen molar-refractivity contribution in [2.45, 2.75) is 0 Å². The van der Waals surface area contributed by atoms with E-state index in [2.05, 4.69) is 10.6 Å². The van der Waals surface area contributed by atoms with Crippen molar-refractivity contribution in [3.05, 3.63) is 58.1 Å². The summed E-state index contributed by atoms with van der Waals surface area (Å²) in [6, 6.07) is 11.8. The average Bonchev–Trinajstić information content (AvgIpc) is 2.68. The first-order valence-corrected chi connectivity index (χ1v) is 9.24. The van der Waals surface area contributed by atoms with Crippen LogP contribution in [0.1, 0.15) is 10.4 Å². The molecule has 0 spiro atoms. The maximum atomic E-state index is 12.4. The maximum Gasteiger partial charge on any atom is 0.254 e. The molecule has 3 rings (SSSR count). The smallest absolute Gasteiger partial charge is 0.254 e. The van der Waals surface area contributed by atoms with Gasteiger partial charge in [-0.2, -0.15) is 0 Å². The van der Waals surface area contributed by atoms with Gasteiger partial charge in [-0.25, -0.2) is 0 Å². The summed E-state index contributed by atoms with van der Waals surface area (Å²) in [5.41, 5.74) is 1.83. The molecule has 0 aliphatic carbocycles. The molecule has 0 atom stereocenters. The minimum Gasteiger partial charge on any atom is -0.378 e. The van der Waals surface area contributed by atoms with E-state index in [0.29, 0.717) is 53.3 Å². The van der Waals surface area contributed by atoms with Crippen LogP contribution in [0.15, 0.2) is 42.5 Å². The highest BCUT2D eigenvalue weighted by molar-refractivity contribution is 6.36. The maximum absolute atomic E-state index is 12.4. The van der Waals surface area contributed by atoms with E-state index in [-0.39, 0.29) is 18.4 Å². The summed E-state index contributed by atoms with van der Waals surface area (Å²) in [5.74, 6) is -0.261. The minimum atomic E-state index is -0.228. The summed E-state index contributed by atoms with van der Waals surface area (Å²) in [5, 5.41) is 6.71. The molecule has 0 saturated carbocycles. The number of hydrogen-bond acceptors (Lipinski definition) is 4. The van der Waals surface area contributed by atoms with Crippen LogP contribution < -0.4 is 10.6 Å². The van der Waals surface area contributed by atoms with E-state index >= 15 is 0 Å². The molecule has 1 aliphatic rings. The second-order valence-electron chi connectivity index (χ2n) is 6.01. The molecule has 1 fully saturated rings. The molecular formula is C19H19Cl2N3O3. The van der Waals surface area contributed by atoms with Gasteiger partial charge in [0.05, 0.1) is 30.5 Å². The van der Waals surface area contributed by atoms with Gasteiger partial charge in [-0.15, -0.1) is 0 Å². The van der Waals surface area contributed by atoms with Gasteiger partial charge in [-0.3, -0.25) is 9.59 Å². The Labute approximate surface area is 167 Å². The molecule has 2 amide bonds. The van der Waals surface area contributed by atoms with Crippen molar-refractivity contribution >= 4 is 46.4 Å². The lowest BCUT2D eigenvalue weighted by atomic mass is 10.1. The predicted octanol–water partition coefficient (Wildman–Crippen LogP) is 3.52. The first-order valence-electron chi connectivity index (χ1n) is 8.49. The van der Waals surface area contributed by atoms with E-state index in [9.17, 15) is 9.59 Å². The van der Waals surface area contributed by atoms with Crippen LogP contribution in [-0.4, -0.2) is 49.6 Å². The summed E-state index contributed by atoms with van der Waals surface area (Å²) < 4.78 is 5.25. The van der Waals surface area contributed by atoms with Gasteiger partial charge in [-0.05, 0) is 42.5 Å². The van der Waals surface area contributed by atoms with Gasteiger partial charge in [0.2, 0.25) is 5.91 Å². The number of anilines is 2. The van der Waals surface area contributed by atoms with Gasteiger partial charge in [-0.1, -0.05) is 23.2 Å². The van der Waals surface area contributed by atoms with Crippen LogP contribution in [0.5, 0.6) is 0 Å². The van der Waals surface area contributed by atoms with Crippen molar-refractivity contribution in [2.75, 3.05) is 43.5 Å². The second kappa shape index (κ2) is 9.08. The zero-order chi connectivity index (χ0) is 19.2. The molecule has 142 valence electrons. The van der Waals surface area contributed by atoms with E-state index in [0.717, 1.165) is 0 Å². The summed E-state index contributed by atoms with van der Waals surface area (Å²) in [7, 11) is 0. The predicted molar refractivity (Wildman–Crippen MR) is 107 cm³/mol. The standard InChI is InChI=1S/C19H19Cl2N3O3/c20-14-3-6-17(16(21)11-14)22-12-18(25)23-15-4-1-13(2-5-15)19(26)24-7-9-27-10-8-24/h1-6,11,22H,7-10,12H2,(H,23,25). The third kappa shape index (κ3) is 5.35. The van der Waals surface area contributed by atoms with Crippen molar-refractivity contribution < 1.29 is 14.3 Å². The average molecular weight is 408 g/mol. The Balaban J connectivity index is 1.52. The van der Waals surface area contributed by atoms with Gasteiger partial charge < -0.3 is 20.3 Å². The number of rotatable bonds is 5. The minimum absolute atomic E-state index is 0.0322. The number of amides is 2. The zero-order valence-corrected chi connectivity index (χ0v) is 16.0. The Morgan fingerprint density at radius 3 is 2.41 bits per heavy atom. The number of nitrogens with one attached hydrogen (secondary N) is 2. The molecule has 1 saturated heterocycles. The number of carbonyl (C=O) groups excluding carboxylic acids is 2. The van der Waals surface area contributed by atoms with Gasteiger partial charge in [0.1, 0.15) is 0 Å². The number of ether oxygens (including phenoxy) is 1. The number of hydrogen-bond donors (Lipinski definition) is 2. The fourth-order valence-corrected chi connectivity index (χ4v) is 3.13. The van der Waals surface area contributed by atoms with Crippen molar-refractivity contribution in [1.29, 1.82) is 0 Å². The highest BCUT2D eigenvalue weighted by atomic mass is 35.5. The Bertz CT molecular complexity index is 821. The fourth-order valence-electron chi connectivity index (χ4n) is 2.66. The summed E-state index contributed by atoms with van der Waals surface area (Å²) in [6.07, 6.45) is 0. The molecule has 2 N–H and O–H groups in total. The van der Waals surface area contributed by atoms with Crippen LogP contribution in [0.3, 0.4) is 0 Å². The Kier molecular flexibility index (Phi) is 6.55. The molecule has 1 aliphatic heterocycles. The van der Waals surface area contributed by atoms with E-state index in [4.69, 9.17) is 27.9 Å². The van der Waals surface area contributed by atoms with Crippen LogP contribution in [0, 0.1) is 0 Å². The molecule has 0 radical (unpaired) electrons. The third-order valence-corrected chi connectivity index (χ3v) is 4.63. The second-order valence-corrected chi connectivity index (χ2v) is 6.85. The molecule has 27 heavy (non-hydrogen) atoms. The van der Waals surface area contributed by atoms with Gasteiger partial charge in [0.15, 0.2) is 0 Å². The third-order valence-electron chi connectivity index (χ3n) is 4.08. The topological polar surface area (TPSA) is 70.7 Å². The number of morpholine rings is 1. The lowest BCUT2D eigenvalue weighted by molar-refractivity contribution is -0.114. The number of nitrogens with zero attached hydrogens (tertiary/aromatic N) is 1. The first-order chi connectivity index (χ1) is 13.0. The van der Waals surface area contributed by atoms with Crippen LogP contribution in [0.25, 0.3) is 0 Å². The molecule has 8 heteroatoms. The Morgan fingerprint density at radius 1 is 1.04 bits per heavy atom. The highest BCUT2D eigenvalue weighted by Gasteiger charge is 2.18. The lowest BCUT2D eigenvalue weighted by Gasteiger charge is -2.26. The quantitative estimate of drug-likeness (QED) is 0.795. The van der Waals surface area contributed by atoms with Crippen LogP contribution >= 0.6 is 23.2 Å². The number of carbonyl (C=O) groups is 2. The van der Waals surface area contributed by atoms with E-state index < -0.39 is 0 Å². The molecule has 2 aromatic carbocycles. The van der Waals surface area contributed by atoms with Crippen LogP contribution in [0.4, 0.5) is 11.4 Å². The zero-order valence-electron chi connectivity index (χ0n) is 14.5. The van der Waals surface area contributed by atoms with E-state index in [1.165, 1.54) is 0 Å². The van der Waals surface area contributed by atoms with Gasteiger partial charge >= 0.3 is 0 Å². The number of benzene rings is 2. The highest BCUT2D eigenvalue weighted by Crippen LogP contribution is 2.25. The van der Waals surface area contributed by atoms with Gasteiger partial charge in [0, 0.05) is 29.4 Å². The van der Waals surface area contributed by atoms with Crippen LogP contribution in [0.2, 0.25) is 10.0 Å².